The van der Waals surface area contributed by atoms with E-state index in [0.717, 1.165) is 42.6 Å². The first-order chi connectivity index (χ1) is 10.4. The highest BCUT2D eigenvalue weighted by Gasteiger charge is 2.15. The molecule has 1 N–H and O–H groups in total. The van der Waals surface area contributed by atoms with Crippen LogP contribution in [0, 0.1) is 0 Å². The van der Waals surface area contributed by atoms with Crippen LogP contribution in [0.1, 0.15) is 12.3 Å². The molecule has 1 aromatic carbocycles. The topological polar surface area (TPSA) is 67.2 Å². The number of nitrogens with one attached hydrogen (secondary N) is 1. The summed E-state index contributed by atoms with van der Waals surface area (Å²) in [6.07, 6.45) is 3.71. The van der Waals surface area contributed by atoms with E-state index in [4.69, 9.17) is 9.36 Å². The van der Waals surface area contributed by atoms with E-state index in [1.54, 1.807) is 0 Å². The van der Waals surface area contributed by atoms with Crippen molar-refractivity contribution in [3.8, 4) is 11.4 Å². The van der Waals surface area contributed by atoms with Gasteiger partial charge in [-0.3, -0.25) is 4.84 Å². The molecule has 1 aliphatic heterocycles. The van der Waals surface area contributed by atoms with E-state index in [1.165, 1.54) is 0 Å². The van der Waals surface area contributed by atoms with E-state index in [-0.39, 0.29) is 0 Å². The quantitative estimate of drug-likeness (QED) is 0.796. The third-order valence-corrected chi connectivity index (χ3v) is 3.70. The van der Waals surface area contributed by atoms with Crippen LogP contribution in [0.5, 0.6) is 0 Å². The number of hydrogen-bond donors (Lipinski definition) is 1. The Bertz CT molecular complexity index is 743. The second kappa shape index (κ2) is 5.31. The van der Waals surface area contributed by atoms with Crippen molar-refractivity contribution in [1.29, 1.82) is 0 Å². The Balaban J connectivity index is 1.54. The minimum Gasteiger partial charge on any atom is -0.361 e. The molecule has 6 heteroatoms. The van der Waals surface area contributed by atoms with E-state index < -0.39 is 0 Å². The second-order valence-corrected chi connectivity index (χ2v) is 5.12. The molecule has 21 heavy (non-hydrogen) atoms. The highest BCUT2D eigenvalue weighted by molar-refractivity contribution is 5.93. The molecule has 1 aliphatic rings. The van der Waals surface area contributed by atoms with Crippen LogP contribution in [0.2, 0.25) is 0 Å². The van der Waals surface area contributed by atoms with Gasteiger partial charge in [0.25, 0.3) is 0 Å². The monoisotopic (exact) mass is 284 g/mol. The maximum absolute atomic E-state index is 5.45. The van der Waals surface area contributed by atoms with E-state index in [2.05, 4.69) is 15.1 Å². The predicted molar refractivity (Wildman–Crippen MR) is 77.4 cm³/mol. The molecule has 0 unspecified atom stereocenters. The van der Waals surface area contributed by atoms with Crippen molar-refractivity contribution >= 4 is 10.9 Å². The van der Waals surface area contributed by atoms with E-state index >= 15 is 0 Å². The molecule has 6 nitrogen and oxygen atoms in total. The van der Waals surface area contributed by atoms with Gasteiger partial charge in [-0.1, -0.05) is 17.3 Å². The Morgan fingerprint density at radius 1 is 1.29 bits per heavy atom. The van der Waals surface area contributed by atoms with Gasteiger partial charge in [-0.05, 0) is 18.6 Å². The lowest BCUT2D eigenvalue weighted by atomic mass is 10.1. The molecule has 3 heterocycles. The Kier molecular flexibility index (Phi) is 3.17. The molecular formula is C15H16N4O2. The number of benzene rings is 1. The van der Waals surface area contributed by atoms with Crippen molar-refractivity contribution in [2.24, 2.45) is 0 Å². The molecule has 1 fully saturated rings. The largest absolute Gasteiger partial charge is 0.361 e. The van der Waals surface area contributed by atoms with Crippen molar-refractivity contribution < 1.29 is 9.36 Å². The SMILES string of the molecule is c1cc(-c2noc(CCN3CCCO3)n2)c2cc[nH]c2c1. The normalized spacial score (nSPS) is 16.0. The number of nitrogens with zero attached hydrogens (tertiary/aromatic N) is 3. The third-order valence-electron chi connectivity index (χ3n) is 3.70. The fourth-order valence-electron chi connectivity index (χ4n) is 2.64. The zero-order valence-corrected chi connectivity index (χ0v) is 11.6. The summed E-state index contributed by atoms with van der Waals surface area (Å²) in [5, 5.41) is 7.16. The Morgan fingerprint density at radius 3 is 3.19 bits per heavy atom. The minimum atomic E-state index is 0.637. The summed E-state index contributed by atoms with van der Waals surface area (Å²) in [7, 11) is 0. The predicted octanol–water partition coefficient (Wildman–Crippen LogP) is 2.40. The third kappa shape index (κ3) is 2.43. The fourth-order valence-corrected chi connectivity index (χ4v) is 2.64. The number of aromatic nitrogens is 3. The molecule has 0 bridgehead atoms. The van der Waals surface area contributed by atoms with E-state index in [9.17, 15) is 0 Å². The highest BCUT2D eigenvalue weighted by Crippen LogP contribution is 2.25. The van der Waals surface area contributed by atoms with E-state index in [0.29, 0.717) is 18.1 Å². The average Bonchev–Trinajstić information content (AvgIpc) is 3.25. The molecule has 108 valence electrons. The van der Waals surface area contributed by atoms with Crippen molar-refractivity contribution in [2.75, 3.05) is 19.7 Å². The van der Waals surface area contributed by atoms with Gasteiger partial charge in [-0.15, -0.1) is 0 Å². The second-order valence-electron chi connectivity index (χ2n) is 5.12. The molecule has 2 aromatic heterocycles. The summed E-state index contributed by atoms with van der Waals surface area (Å²) in [6, 6.07) is 8.06. The zero-order valence-electron chi connectivity index (χ0n) is 11.6. The Morgan fingerprint density at radius 2 is 2.29 bits per heavy atom. The summed E-state index contributed by atoms with van der Waals surface area (Å²) in [4.78, 5) is 13.1. The number of hydroxylamine groups is 2. The molecule has 0 amide bonds. The van der Waals surface area contributed by atoms with Gasteiger partial charge in [0.1, 0.15) is 0 Å². The molecule has 1 saturated heterocycles. The summed E-state index contributed by atoms with van der Waals surface area (Å²) in [5.74, 6) is 1.28. The number of H-pyrrole nitrogens is 1. The highest BCUT2D eigenvalue weighted by atomic mass is 16.7. The van der Waals surface area contributed by atoms with Gasteiger partial charge in [-0.25, -0.2) is 0 Å². The van der Waals surface area contributed by atoms with Gasteiger partial charge in [0.05, 0.1) is 6.61 Å². The lowest BCUT2D eigenvalue weighted by Crippen LogP contribution is -2.20. The van der Waals surface area contributed by atoms with Crippen LogP contribution in [0.4, 0.5) is 0 Å². The number of hydrogen-bond acceptors (Lipinski definition) is 5. The molecular weight excluding hydrogens is 268 g/mol. The summed E-state index contributed by atoms with van der Waals surface area (Å²) >= 11 is 0. The fraction of sp³-hybridized carbons (Fsp3) is 0.333. The maximum Gasteiger partial charge on any atom is 0.228 e. The molecule has 0 atom stereocenters. The van der Waals surface area contributed by atoms with Crippen molar-refractivity contribution in [1.82, 2.24) is 20.2 Å². The van der Waals surface area contributed by atoms with Gasteiger partial charge in [0, 0.05) is 42.2 Å². The zero-order chi connectivity index (χ0) is 14.1. The van der Waals surface area contributed by atoms with Crippen LogP contribution in [-0.4, -0.2) is 39.9 Å². The van der Waals surface area contributed by atoms with Crippen LogP contribution >= 0.6 is 0 Å². The van der Waals surface area contributed by atoms with Crippen molar-refractivity contribution in [3.05, 3.63) is 36.4 Å². The summed E-state index contributed by atoms with van der Waals surface area (Å²) in [5.41, 5.74) is 2.06. The van der Waals surface area contributed by atoms with Crippen LogP contribution in [0.15, 0.2) is 35.0 Å². The van der Waals surface area contributed by atoms with E-state index in [1.807, 2.05) is 35.5 Å². The Labute approximate surface area is 121 Å². The van der Waals surface area contributed by atoms with Crippen molar-refractivity contribution in [2.45, 2.75) is 12.8 Å². The van der Waals surface area contributed by atoms with Gasteiger partial charge >= 0.3 is 0 Å². The van der Waals surface area contributed by atoms with Crippen molar-refractivity contribution in [3.63, 3.8) is 0 Å². The standard InChI is InChI=1S/C15H16N4O2/c1-3-12(11-5-7-16-13(11)4-1)15-17-14(21-18-15)6-9-19-8-2-10-20-19/h1,3-5,7,16H,2,6,8-10H2. The first-order valence-electron chi connectivity index (χ1n) is 7.17. The first-order valence-corrected chi connectivity index (χ1v) is 7.17. The van der Waals surface area contributed by atoms with Gasteiger partial charge in [-0.2, -0.15) is 10.0 Å². The molecule has 0 spiro atoms. The van der Waals surface area contributed by atoms with Crippen LogP contribution < -0.4 is 0 Å². The number of rotatable bonds is 4. The smallest absolute Gasteiger partial charge is 0.228 e. The lowest BCUT2D eigenvalue weighted by Gasteiger charge is -2.10. The average molecular weight is 284 g/mol. The molecule has 0 aliphatic carbocycles. The number of aromatic amines is 1. The first kappa shape index (κ1) is 12.6. The van der Waals surface area contributed by atoms with Crippen LogP contribution in [0.3, 0.4) is 0 Å². The van der Waals surface area contributed by atoms with Gasteiger partial charge < -0.3 is 9.51 Å². The van der Waals surface area contributed by atoms with Crippen LogP contribution in [-0.2, 0) is 11.3 Å². The molecule has 3 aromatic rings. The summed E-state index contributed by atoms with van der Waals surface area (Å²) in [6.45, 7) is 2.57. The van der Waals surface area contributed by atoms with Crippen LogP contribution in [0.25, 0.3) is 22.3 Å². The number of fused-ring (bicyclic) bond motifs is 1. The molecule has 4 rings (SSSR count). The summed E-state index contributed by atoms with van der Waals surface area (Å²) < 4.78 is 5.35. The Hall–Kier alpha value is -2.18. The minimum absolute atomic E-state index is 0.637. The lowest BCUT2D eigenvalue weighted by molar-refractivity contribution is -0.109. The van der Waals surface area contributed by atoms with Gasteiger partial charge in [0.2, 0.25) is 11.7 Å². The maximum atomic E-state index is 5.45. The molecule has 0 radical (unpaired) electrons. The molecule has 0 saturated carbocycles. The van der Waals surface area contributed by atoms with Gasteiger partial charge in [0.15, 0.2) is 0 Å².